The summed E-state index contributed by atoms with van der Waals surface area (Å²) in [5, 5.41) is 15.4. The van der Waals surface area contributed by atoms with Crippen LogP contribution in [-0.4, -0.2) is 55.4 Å². The summed E-state index contributed by atoms with van der Waals surface area (Å²) < 4.78 is 2.14. The van der Waals surface area contributed by atoms with Crippen molar-refractivity contribution in [2.75, 3.05) is 13.1 Å². The average Bonchev–Trinajstić information content (AvgIpc) is 3.57. The minimum atomic E-state index is -0.465. The number of aromatic nitrogens is 1. The second kappa shape index (κ2) is 9.30. The fraction of sp³-hybridized carbons (Fsp3) is 0.346. The highest BCUT2D eigenvalue weighted by molar-refractivity contribution is 8.27. The van der Waals surface area contributed by atoms with Gasteiger partial charge in [0.25, 0.3) is 5.91 Å². The first kappa shape index (κ1) is 23.3. The summed E-state index contributed by atoms with van der Waals surface area (Å²) in [6.07, 6.45) is 4.93. The molecule has 3 aliphatic rings. The fourth-order valence-electron chi connectivity index (χ4n) is 4.68. The molecule has 180 valence electrons. The Morgan fingerprint density at radius 1 is 1.17 bits per heavy atom. The first-order chi connectivity index (χ1) is 16.9. The molecule has 0 radical (unpaired) electrons. The van der Waals surface area contributed by atoms with Gasteiger partial charge < -0.3 is 9.47 Å². The summed E-state index contributed by atoms with van der Waals surface area (Å²) >= 11 is 1.19. The van der Waals surface area contributed by atoms with Gasteiger partial charge in [-0.2, -0.15) is 15.1 Å². The minimum Gasteiger partial charge on any atom is -0.342 e. The van der Waals surface area contributed by atoms with E-state index in [4.69, 9.17) is 5.41 Å². The van der Waals surface area contributed by atoms with Gasteiger partial charge >= 0.3 is 0 Å². The number of rotatable bonds is 5. The van der Waals surface area contributed by atoms with Gasteiger partial charge in [-0.15, -0.1) is 0 Å². The molecule has 5 rings (SSSR count). The lowest BCUT2D eigenvalue weighted by atomic mass is 10.1. The third kappa shape index (κ3) is 4.36. The molecule has 3 aliphatic heterocycles. The normalized spacial score (nSPS) is 18.9. The van der Waals surface area contributed by atoms with E-state index in [2.05, 4.69) is 45.9 Å². The van der Waals surface area contributed by atoms with Crippen molar-refractivity contribution in [1.82, 2.24) is 14.5 Å². The van der Waals surface area contributed by atoms with E-state index in [1.807, 2.05) is 24.8 Å². The number of hydrogen-bond acceptors (Lipinski definition) is 5. The van der Waals surface area contributed by atoms with Gasteiger partial charge in [0.15, 0.2) is 5.84 Å². The molecule has 8 nitrogen and oxygen atoms in total. The standard InChI is InChI=1S/C26H28N6O2S/c1-4-18-7-9-20(10-8-18)31-16(2)13-19(17(31)3)14-21-24(27)32-26(28-25(21)34)35-22(29-32)15-23(33)30-11-5-6-12-30/h7-10,13-14,27H,4-6,11-12,15H2,1-3H3. The van der Waals surface area contributed by atoms with Crippen molar-refractivity contribution in [2.24, 2.45) is 10.1 Å². The van der Waals surface area contributed by atoms with E-state index >= 15 is 0 Å². The Hall–Kier alpha value is -3.46. The largest absolute Gasteiger partial charge is 0.342 e. The molecule has 0 aliphatic carbocycles. The van der Waals surface area contributed by atoms with Gasteiger partial charge in [0.05, 0.1) is 12.0 Å². The number of benzene rings is 1. The molecule has 2 amide bonds. The highest BCUT2D eigenvalue weighted by atomic mass is 32.2. The van der Waals surface area contributed by atoms with E-state index in [0.717, 1.165) is 55.0 Å². The second-order valence-electron chi connectivity index (χ2n) is 8.96. The zero-order valence-corrected chi connectivity index (χ0v) is 21.0. The summed E-state index contributed by atoms with van der Waals surface area (Å²) in [7, 11) is 0. The number of amidine groups is 2. The number of thioether (sulfide) groups is 1. The summed E-state index contributed by atoms with van der Waals surface area (Å²) in [4.78, 5) is 31.4. The van der Waals surface area contributed by atoms with Crippen molar-refractivity contribution in [3.63, 3.8) is 0 Å². The number of likely N-dealkylation sites (tertiary alicyclic amines) is 1. The molecule has 9 heteroatoms. The van der Waals surface area contributed by atoms with Crippen molar-refractivity contribution >= 4 is 45.7 Å². The Morgan fingerprint density at radius 3 is 2.57 bits per heavy atom. The summed E-state index contributed by atoms with van der Waals surface area (Å²) in [6, 6.07) is 10.5. The van der Waals surface area contributed by atoms with Crippen molar-refractivity contribution in [1.29, 1.82) is 5.41 Å². The Kier molecular flexibility index (Phi) is 6.19. The van der Waals surface area contributed by atoms with Gasteiger partial charge in [-0.1, -0.05) is 19.1 Å². The van der Waals surface area contributed by atoms with E-state index < -0.39 is 5.91 Å². The van der Waals surface area contributed by atoms with E-state index in [1.54, 1.807) is 6.08 Å². The predicted octanol–water partition coefficient (Wildman–Crippen LogP) is 4.29. The van der Waals surface area contributed by atoms with Gasteiger partial charge in [-0.05, 0) is 80.3 Å². The minimum absolute atomic E-state index is 0.0202. The number of nitrogens with zero attached hydrogens (tertiary/aromatic N) is 5. The first-order valence-electron chi connectivity index (χ1n) is 11.9. The third-order valence-electron chi connectivity index (χ3n) is 6.63. The Balaban J connectivity index is 1.40. The zero-order valence-electron chi connectivity index (χ0n) is 20.2. The number of aliphatic imine (C=N–C) groups is 1. The molecule has 1 N–H and O–H groups in total. The first-order valence-corrected chi connectivity index (χ1v) is 12.7. The fourth-order valence-corrected chi connectivity index (χ4v) is 5.55. The smallest absolute Gasteiger partial charge is 0.283 e. The number of carbonyl (C=O) groups excluding carboxylic acids is 2. The zero-order chi connectivity index (χ0) is 24.7. The topological polar surface area (TPSA) is 94.1 Å². The molecule has 1 aromatic carbocycles. The summed E-state index contributed by atoms with van der Waals surface area (Å²) in [6.45, 7) is 7.73. The highest BCUT2D eigenvalue weighted by Gasteiger charge is 2.36. The average molecular weight is 489 g/mol. The lowest BCUT2D eigenvalue weighted by Crippen LogP contribution is -2.35. The van der Waals surface area contributed by atoms with Crippen LogP contribution < -0.4 is 0 Å². The van der Waals surface area contributed by atoms with Crippen LogP contribution in [0.25, 0.3) is 11.8 Å². The molecule has 1 aromatic heterocycles. The van der Waals surface area contributed by atoms with Crippen LogP contribution in [0.3, 0.4) is 0 Å². The number of hydrogen-bond donors (Lipinski definition) is 1. The summed E-state index contributed by atoms with van der Waals surface area (Å²) in [5.74, 6) is -0.455. The van der Waals surface area contributed by atoms with Gasteiger partial charge in [-0.3, -0.25) is 15.0 Å². The van der Waals surface area contributed by atoms with Crippen molar-refractivity contribution < 1.29 is 9.59 Å². The number of amides is 2. The number of hydrazone groups is 1. The van der Waals surface area contributed by atoms with E-state index in [-0.39, 0.29) is 23.7 Å². The lowest BCUT2D eigenvalue weighted by molar-refractivity contribution is -0.128. The maximum Gasteiger partial charge on any atom is 0.283 e. The molecule has 0 unspecified atom stereocenters. The molecule has 0 saturated carbocycles. The van der Waals surface area contributed by atoms with Crippen molar-refractivity contribution in [3.8, 4) is 5.69 Å². The van der Waals surface area contributed by atoms with Gasteiger partial charge in [0, 0.05) is 30.2 Å². The number of carbonyl (C=O) groups is 2. The van der Waals surface area contributed by atoms with Crippen LogP contribution in [-0.2, 0) is 16.0 Å². The van der Waals surface area contributed by atoms with E-state index in [9.17, 15) is 9.59 Å². The quantitative estimate of drug-likeness (QED) is 0.636. The monoisotopic (exact) mass is 488 g/mol. The molecule has 0 bridgehead atoms. The third-order valence-corrected chi connectivity index (χ3v) is 7.54. The predicted molar refractivity (Wildman–Crippen MR) is 140 cm³/mol. The molecular weight excluding hydrogens is 460 g/mol. The SMILES string of the molecule is CCc1ccc(-n2c(C)cc(C=C3C(=N)N4N=C(CC(=O)N5CCCC5)SC4=NC3=O)c2C)cc1. The number of aryl methyl sites for hydroxylation is 2. The van der Waals surface area contributed by atoms with Gasteiger partial charge in [-0.25, -0.2) is 0 Å². The number of nitrogens with one attached hydrogen (secondary N) is 1. The maximum absolute atomic E-state index is 12.9. The Bertz CT molecular complexity index is 1310. The van der Waals surface area contributed by atoms with Crippen molar-refractivity contribution in [3.05, 3.63) is 58.4 Å². The Labute approximate surface area is 208 Å². The van der Waals surface area contributed by atoms with Gasteiger partial charge in [0.1, 0.15) is 5.04 Å². The maximum atomic E-state index is 12.9. The van der Waals surface area contributed by atoms with Crippen LogP contribution in [0.5, 0.6) is 0 Å². The van der Waals surface area contributed by atoms with Crippen molar-refractivity contribution in [2.45, 2.75) is 46.5 Å². The molecule has 35 heavy (non-hydrogen) atoms. The number of fused-ring (bicyclic) bond motifs is 1. The van der Waals surface area contributed by atoms with Crippen LogP contribution in [0.2, 0.25) is 0 Å². The summed E-state index contributed by atoms with van der Waals surface area (Å²) in [5.41, 5.74) is 5.39. The van der Waals surface area contributed by atoms with E-state index in [0.29, 0.717) is 10.2 Å². The van der Waals surface area contributed by atoms with Crippen LogP contribution in [0.15, 0.2) is 46.0 Å². The van der Waals surface area contributed by atoms with Crippen LogP contribution in [0, 0.1) is 19.3 Å². The van der Waals surface area contributed by atoms with Crippen LogP contribution in [0.4, 0.5) is 0 Å². The van der Waals surface area contributed by atoms with Crippen LogP contribution >= 0.6 is 11.8 Å². The lowest BCUT2D eigenvalue weighted by Gasteiger charge is -2.20. The van der Waals surface area contributed by atoms with E-state index in [1.165, 1.54) is 22.3 Å². The van der Waals surface area contributed by atoms with Gasteiger partial charge in [0.2, 0.25) is 11.1 Å². The Morgan fingerprint density at radius 2 is 1.89 bits per heavy atom. The molecular formula is C26H28N6O2S. The highest BCUT2D eigenvalue weighted by Crippen LogP contribution is 2.31. The second-order valence-corrected chi connectivity index (χ2v) is 10.0. The molecule has 0 spiro atoms. The molecule has 4 heterocycles. The van der Waals surface area contributed by atoms with Crippen LogP contribution in [0.1, 0.15) is 48.7 Å². The molecule has 1 saturated heterocycles. The molecule has 1 fully saturated rings. The molecule has 0 atom stereocenters. The molecule has 2 aromatic rings.